The van der Waals surface area contributed by atoms with Crippen molar-refractivity contribution in [2.24, 2.45) is 0 Å². The number of benzene rings is 1. The van der Waals surface area contributed by atoms with Crippen molar-refractivity contribution < 1.29 is 0 Å². The van der Waals surface area contributed by atoms with E-state index < -0.39 is 0 Å². The summed E-state index contributed by atoms with van der Waals surface area (Å²) in [6.45, 7) is 1.96. The van der Waals surface area contributed by atoms with Crippen molar-refractivity contribution in [1.82, 2.24) is 9.97 Å². The molecule has 1 aromatic heterocycles. The van der Waals surface area contributed by atoms with Crippen LogP contribution in [0.2, 0.25) is 0 Å². The molecule has 0 bridgehead atoms. The molecule has 0 aliphatic rings. The first kappa shape index (κ1) is 6.86. The van der Waals surface area contributed by atoms with Gasteiger partial charge in [0.1, 0.15) is 11.6 Å². The topological polar surface area (TPSA) is 52.5 Å². The van der Waals surface area contributed by atoms with Crippen LogP contribution in [0.4, 0.5) is 0 Å². The summed E-state index contributed by atoms with van der Waals surface area (Å²) in [6.07, 6.45) is 1.60. The highest BCUT2D eigenvalue weighted by atomic mass is 14.9. The van der Waals surface area contributed by atoms with Crippen LogP contribution in [0.3, 0.4) is 0 Å². The van der Waals surface area contributed by atoms with Gasteiger partial charge in [-0.2, -0.15) is 5.26 Å². The minimum Gasteiger partial charge on any atom is -0.345 e. The van der Waals surface area contributed by atoms with Crippen LogP contribution >= 0.6 is 0 Å². The molecule has 58 valence electrons. The first-order valence-corrected chi connectivity index (χ1v) is 3.65. The minimum absolute atomic E-state index is 0.631. The molecule has 0 amide bonds. The Hall–Kier alpha value is -1.82. The molecule has 0 fully saturated rings. The van der Waals surface area contributed by atoms with Crippen molar-refractivity contribution in [1.29, 1.82) is 5.26 Å². The molecule has 12 heavy (non-hydrogen) atoms. The molecule has 1 aromatic carbocycles. The SMILES string of the molecule is Cc1cc(C#N)c2nc[nH]c2c1. The number of nitrogens with zero attached hydrogens (tertiary/aromatic N) is 2. The lowest BCUT2D eigenvalue weighted by atomic mass is 10.1. The minimum atomic E-state index is 0.631. The van der Waals surface area contributed by atoms with Gasteiger partial charge >= 0.3 is 0 Å². The quantitative estimate of drug-likeness (QED) is 0.633. The number of nitriles is 1. The Kier molecular flexibility index (Phi) is 1.34. The van der Waals surface area contributed by atoms with Crippen LogP contribution in [-0.2, 0) is 0 Å². The van der Waals surface area contributed by atoms with E-state index >= 15 is 0 Å². The molecule has 0 saturated heterocycles. The van der Waals surface area contributed by atoms with Crippen LogP contribution in [0.5, 0.6) is 0 Å². The zero-order valence-corrected chi connectivity index (χ0v) is 6.63. The predicted octanol–water partition coefficient (Wildman–Crippen LogP) is 1.74. The molecule has 3 heteroatoms. The second-order valence-corrected chi connectivity index (χ2v) is 2.72. The summed E-state index contributed by atoms with van der Waals surface area (Å²) < 4.78 is 0. The Labute approximate surface area is 69.7 Å². The van der Waals surface area contributed by atoms with Gasteiger partial charge in [-0.25, -0.2) is 4.98 Å². The van der Waals surface area contributed by atoms with E-state index in [1.807, 2.05) is 19.1 Å². The fourth-order valence-corrected chi connectivity index (χ4v) is 1.28. The largest absolute Gasteiger partial charge is 0.345 e. The summed E-state index contributed by atoms with van der Waals surface area (Å²) in [7, 11) is 0. The van der Waals surface area contributed by atoms with Crippen LogP contribution in [0.1, 0.15) is 11.1 Å². The van der Waals surface area contributed by atoms with E-state index in [9.17, 15) is 0 Å². The summed E-state index contributed by atoms with van der Waals surface area (Å²) >= 11 is 0. The van der Waals surface area contributed by atoms with Crippen molar-refractivity contribution in [2.75, 3.05) is 0 Å². The van der Waals surface area contributed by atoms with E-state index in [1.165, 1.54) is 0 Å². The highest BCUT2D eigenvalue weighted by molar-refractivity contribution is 5.81. The van der Waals surface area contributed by atoms with E-state index in [-0.39, 0.29) is 0 Å². The van der Waals surface area contributed by atoms with Crippen LogP contribution < -0.4 is 0 Å². The third kappa shape index (κ3) is 0.857. The number of imidazole rings is 1. The van der Waals surface area contributed by atoms with Crippen molar-refractivity contribution in [3.63, 3.8) is 0 Å². The molecule has 0 aliphatic heterocycles. The Bertz CT molecular complexity index is 462. The molecule has 0 spiro atoms. The molecule has 0 atom stereocenters. The zero-order valence-electron chi connectivity index (χ0n) is 6.63. The summed E-state index contributed by atoms with van der Waals surface area (Å²) in [4.78, 5) is 7.03. The number of fused-ring (bicyclic) bond motifs is 1. The fourth-order valence-electron chi connectivity index (χ4n) is 1.28. The second-order valence-electron chi connectivity index (χ2n) is 2.72. The van der Waals surface area contributed by atoms with Crippen molar-refractivity contribution in [3.05, 3.63) is 29.6 Å². The van der Waals surface area contributed by atoms with Gasteiger partial charge in [-0.3, -0.25) is 0 Å². The monoisotopic (exact) mass is 157 g/mol. The Morgan fingerprint density at radius 3 is 3.08 bits per heavy atom. The highest BCUT2D eigenvalue weighted by Crippen LogP contribution is 2.15. The van der Waals surface area contributed by atoms with Gasteiger partial charge in [0.25, 0.3) is 0 Å². The molecule has 1 heterocycles. The molecule has 2 aromatic rings. The van der Waals surface area contributed by atoms with E-state index in [0.717, 1.165) is 16.6 Å². The average molecular weight is 157 g/mol. The zero-order chi connectivity index (χ0) is 8.55. The molecule has 2 rings (SSSR count). The van der Waals surface area contributed by atoms with Crippen LogP contribution in [0.15, 0.2) is 18.5 Å². The fraction of sp³-hybridized carbons (Fsp3) is 0.111. The second kappa shape index (κ2) is 2.35. The molecule has 1 N–H and O–H groups in total. The van der Waals surface area contributed by atoms with Gasteiger partial charge in [-0.1, -0.05) is 0 Å². The van der Waals surface area contributed by atoms with E-state index in [2.05, 4.69) is 16.0 Å². The maximum Gasteiger partial charge on any atom is 0.106 e. The molecule has 3 nitrogen and oxygen atoms in total. The highest BCUT2D eigenvalue weighted by Gasteiger charge is 2.02. The lowest BCUT2D eigenvalue weighted by molar-refractivity contribution is 1.34. The number of hydrogen-bond donors (Lipinski definition) is 1. The summed E-state index contributed by atoms with van der Waals surface area (Å²) in [5.74, 6) is 0. The summed E-state index contributed by atoms with van der Waals surface area (Å²) in [5.41, 5.74) is 3.38. The maximum absolute atomic E-state index is 8.77. The molecule has 0 radical (unpaired) electrons. The van der Waals surface area contributed by atoms with Gasteiger partial charge in [0.15, 0.2) is 0 Å². The molecule has 0 aliphatic carbocycles. The number of aryl methyl sites for hydroxylation is 1. The third-order valence-corrected chi connectivity index (χ3v) is 1.79. The van der Waals surface area contributed by atoms with Crippen molar-refractivity contribution in [3.8, 4) is 6.07 Å². The van der Waals surface area contributed by atoms with Gasteiger partial charge in [0.05, 0.1) is 17.4 Å². The van der Waals surface area contributed by atoms with Crippen molar-refractivity contribution >= 4 is 11.0 Å². The number of rotatable bonds is 0. The number of nitrogens with one attached hydrogen (secondary N) is 1. The summed E-state index contributed by atoms with van der Waals surface area (Å²) in [5, 5.41) is 8.77. The Morgan fingerprint density at radius 2 is 2.33 bits per heavy atom. The maximum atomic E-state index is 8.77. The van der Waals surface area contributed by atoms with E-state index in [1.54, 1.807) is 6.33 Å². The first-order chi connectivity index (χ1) is 5.81. The third-order valence-electron chi connectivity index (χ3n) is 1.79. The van der Waals surface area contributed by atoms with Gasteiger partial charge in [-0.15, -0.1) is 0 Å². The van der Waals surface area contributed by atoms with Gasteiger partial charge < -0.3 is 4.98 Å². The van der Waals surface area contributed by atoms with Crippen LogP contribution in [-0.4, -0.2) is 9.97 Å². The smallest absolute Gasteiger partial charge is 0.106 e. The first-order valence-electron chi connectivity index (χ1n) is 3.65. The lowest BCUT2D eigenvalue weighted by Gasteiger charge is -1.94. The van der Waals surface area contributed by atoms with Crippen LogP contribution in [0.25, 0.3) is 11.0 Å². The molecular formula is C9H7N3. The number of hydrogen-bond acceptors (Lipinski definition) is 2. The number of H-pyrrole nitrogens is 1. The predicted molar refractivity (Wildman–Crippen MR) is 45.5 cm³/mol. The lowest BCUT2D eigenvalue weighted by Crippen LogP contribution is -1.80. The van der Waals surface area contributed by atoms with Gasteiger partial charge in [0, 0.05) is 0 Å². The number of aromatic nitrogens is 2. The Morgan fingerprint density at radius 1 is 1.50 bits per heavy atom. The average Bonchev–Trinajstić information content (AvgIpc) is 2.50. The standard InChI is InChI=1S/C9H7N3/c1-6-2-7(4-10)9-8(3-6)11-5-12-9/h2-3,5H,1H3,(H,11,12). The number of aromatic amines is 1. The van der Waals surface area contributed by atoms with E-state index in [4.69, 9.17) is 5.26 Å². The van der Waals surface area contributed by atoms with Gasteiger partial charge in [0.2, 0.25) is 0 Å². The van der Waals surface area contributed by atoms with Gasteiger partial charge in [-0.05, 0) is 24.6 Å². The Balaban J connectivity index is 2.91. The van der Waals surface area contributed by atoms with Crippen molar-refractivity contribution in [2.45, 2.75) is 6.92 Å². The normalized spacial score (nSPS) is 10.0. The molecule has 0 unspecified atom stereocenters. The summed E-state index contributed by atoms with van der Waals surface area (Å²) in [6, 6.07) is 5.93. The van der Waals surface area contributed by atoms with Crippen LogP contribution in [0, 0.1) is 18.3 Å². The molecule has 0 saturated carbocycles. The molecular weight excluding hydrogens is 150 g/mol. The van der Waals surface area contributed by atoms with E-state index in [0.29, 0.717) is 5.56 Å².